The third-order valence-corrected chi connectivity index (χ3v) is 7.21. The Labute approximate surface area is 178 Å². The second-order valence-corrected chi connectivity index (χ2v) is 9.36. The van der Waals surface area contributed by atoms with Gasteiger partial charge in [-0.05, 0) is 99.0 Å². The van der Waals surface area contributed by atoms with Crippen molar-refractivity contribution in [3.8, 4) is 6.07 Å². The zero-order valence-corrected chi connectivity index (χ0v) is 18.4. The van der Waals surface area contributed by atoms with Crippen LogP contribution in [0, 0.1) is 29.1 Å². The molecule has 2 fully saturated rings. The van der Waals surface area contributed by atoms with Gasteiger partial charge in [-0.25, -0.2) is 0 Å². The molecule has 156 valence electrons. The molecule has 0 spiro atoms. The van der Waals surface area contributed by atoms with Gasteiger partial charge in [0.15, 0.2) is 0 Å². The molecule has 0 radical (unpaired) electrons. The van der Waals surface area contributed by atoms with Gasteiger partial charge >= 0.3 is 0 Å². The van der Waals surface area contributed by atoms with Crippen molar-refractivity contribution >= 4 is 0 Å². The Morgan fingerprint density at radius 3 is 1.90 bits per heavy atom. The van der Waals surface area contributed by atoms with E-state index in [1.54, 1.807) is 11.6 Å². The van der Waals surface area contributed by atoms with E-state index in [1.165, 1.54) is 82.6 Å². The monoisotopic (exact) mass is 389 g/mol. The van der Waals surface area contributed by atoms with Crippen molar-refractivity contribution in [3.05, 3.63) is 59.7 Å². The number of nitriles is 1. The molecular formula is C28H39N. The molecule has 0 aliphatic heterocycles. The number of hydrogen-bond donors (Lipinski definition) is 0. The molecule has 0 saturated heterocycles. The molecule has 0 unspecified atom stereocenters. The fourth-order valence-corrected chi connectivity index (χ4v) is 5.20. The molecule has 0 amide bonds. The zero-order chi connectivity index (χ0) is 20.3. The highest BCUT2D eigenvalue weighted by Gasteiger charge is 2.22. The van der Waals surface area contributed by atoms with E-state index >= 15 is 0 Å². The maximum absolute atomic E-state index is 8.67. The van der Waals surface area contributed by atoms with Crippen molar-refractivity contribution in [2.45, 2.75) is 89.9 Å². The van der Waals surface area contributed by atoms with Gasteiger partial charge in [-0.1, -0.05) is 62.3 Å². The van der Waals surface area contributed by atoms with Crippen LogP contribution in [0.5, 0.6) is 0 Å². The van der Waals surface area contributed by atoms with E-state index < -0.39 is 0 Å². The first-order valence-corrected chi connectivity index (χ1v) is 12.1. The third-order valence-electron chi connectivity index (χ3n) is 7.21. The fourth-order valence-electron chi connectivity index (χ4n) is 5.20. The van der Waals surface area contributed by atoms with Crippen LogP contribution < -0.4 is 0 Å². The van der Waals surface area contributed by atoms with Crippen molar-refractivity contribution in [2.24, 2.45) is 17.8 Å². The molecule has 0 atom stereocenters. The lowest BCUT2D eigenvalue weighted by Gasteiger charge is -2.28. The van der Waals surface area contributed by atoms with Gasteiger partial charge in [0.2, 0.25) is 0 Å². The maximum Gasteiger partial charge on any atom is 0.0908 e. The minimum Gasteiger partial charge on any atom is -0.193 e. The van der Waals surface area contributed by atoms with Crippen LogP contribution in [0.2, 0.25) is 0 Å². The molecule has 0 heterocycles. The molecule has 0 N–H and O–H groups in total. The lowest BCUT2D eigenvalue weighted by Crippen LogP contribution is -2.14. The van der Waals surface area contributed by atoms with E-state index in [0.717, 1.165) is 17.8 Å². The summed E-state index contributed by atoms with van der Waals surface area (Å²) in [6.45, 7) is 2.27. The Bertz CT molecular complexity index is 674. The number of allylic oxidation sites excluding steroid dienone is 4. The summed E-state index contributed by atoms with van der Waals surface area (Å²) in [6.07, 6.45) is 24.5. The fraction of sp³-hybridized carbons (Fsp3) is 0.607. The molecule has 0 aromatic heterocycles. The van der Waals surface area contributed by atoms with Crippen LogP contribution in [0.1, 0.15) is 94.6 Å². The van der Waals surface area contributed by atoms with E-state index in [0.29, 0.717) is 5.92 Å². The van der Waals surface area contributed by atoms with Crippen LogP contribution in [0.3, 0.4) is 0 Å². The second kappa shape index (κ2) is 12.0. The van der Waals surface area contributed by atoms with Gasteiger partial charge in [-0.3, -0.25) is 0 Å². The summed E-state index contributed by atoms with van der Waals surface area (Å²) in [5.74, 6) is 2.95. The smallest absolute Gasteiger partial charge is 0.0908 e. The lowest BCUT2D eigenvalue weighted by atomic mass is 9.77. The standard InChI is InChI=1S/C28H39N/c1-2-3-4-6-23-14-18-27(19-15-23)28-20-16-26(17-21-28)13-12-25-10-8-24(9-11-25)7-5-22-29/h5,7,12-15,18-19,24-26,28H,2-4,6,8-11,16-17,20-21H2,1H3/t24-,25-,26-,28-. The summed E-state index contributed by atoms with van der Waals surface area (Å²) in [4.78, 5) is 0. The van der Waals surface area contributed by atoms with Gasteiger partial charge in [-0.2, -0.15) is 5.26 Å². The summed E-state index contributed by atoms with van der Waals surface area (Å²) in [5.41, 5.74) is 3.08. The quantitative estimate of drug-likeness (QED) is 0.250. The van der Waals surface area contributed by atoms with Crippen molar-refractivity contribution < 1.29 is 0 Å². The molecule has 1 aromatic carbocycles. The Balaban J connectivity index is 1.39. The highest BCUT2D eigenvalue weighted by molar-refractivity contribution is 5.26. The number of aryl methyl sites for hydroxylation is 1. The van der Waals surface area contributed by atoms with E-state index in [2.05, 4.69) is 55.5 Å². The summed E-state index contributed by atoms with van der Waals surface area (Å²) >= 11 is 0. The number of nitrogens with zero attached hydrogens (tertiary/aromatic N) is 1. The SMILES string of the molecule is CCCCCc1ccc([C@H]2CC[C@H](C=C[C@H]3CC[C@H](C=CC#N)CC3)CC2)cc1. The molecule has 2 saturated carbocycles. The molecule has 29 heavy (non-hydrogen) atoms. The Hall–Kier alpha value is -1.81. The summed E-state index contributed by atoms with van der Waals surface area (Å²) < 4.78 is 0. The van der Waals surface area contributed by atoms with Crippen LogP contribution in [0.4, 0.5) is 0 Å². The summed E-state index contributed by atoms with van der Waals surface area (Å²) in [5, 5.41) is 8.67. The van der Waals surface area contributed by atoms with Crippen LogP contribution in [-0.2, 0) is 6.42 Å². The van der Waals surface area contributed by atoms with E-state index in [-0.39, 0.29) is 0 Å². The highest BCUT2D eigenvalue weighted by Crippen LogP contribution is 2.37. The first-order valence-electron chi connectivity index (χ1n) is 12.1. The molecule has 2 aliphatic rings. The topological polar surface area (TPSA) is 23.8 Å². The lowest BCUT2D eigenvalue weighted by molar-refractivity contribution is 0.348. The van der Waals surface area contributed by atoms with Crippen LogP contribution >= 0.6 is 0 Å². The predicted octanol–water partition coefficient (Wildman–Crippen LogP) is 8.14. The number of hydrogen-bond acceptors (Lipinski definition) is 1. The van der Waals surface area contributed by atoms with Gasteiger partial charge in [0.25, 0.3) is 0 Å². The second-order valence-electron chi connectivity index (χ2n) is 9.36. The zero-order valence-electron chi connectivity index (χ0n) is 18.4. The molecule has 0 bridgehead atoms. The van der Waals surface area contributed by atoms with Gasteiger partial charge in [0.05, 0.1) is 6.07 Å². The van der Waals surface area contributed by atoms with Crippen molar-refractivity contribution in [1.82, 2.24) is 0 Å². The van der Waals surface area contributed by atoms with Crippen LogP contribution in [0.15, 0.2) is 48.6 Å². The summed E-state index contributed by atoms with van der Waals surface area (Å²) in [6, 6.07) is 11.7. The number of benzene rings is 1. The first kappa shape index (κ1) is 21.9. The molecule has 1 heteroatoms. The minimum atomic E-state index is 0.632. The minimum absolute atomic E-state index is 0.632. The van der Waals surface area contributed by atoms with Crippen LogP contribution in [0.25, 0.3) is 0 Å². The number of rotatable bonds is 8. The van der Waals surface area contributed by atoms with Gasteiger partial charge in [0, 0.05) is 6.08 Å². The molecule has 1 nitrogen and oxygen atoms in total. The van der Waals surface area contributed by atoms with E-state index in [9.17, 15) is 0 Å². The Morgan fingerprint density at radius 1 is 0.793 bits per heavy atom. The molecule has 3 rings (SSSR count). The van der Waals surface area contributed by atoms with Crippen molar-refractivity contribution in [2.75, 3.05) is 0 Å². The third kappa shape index (κ3) is 7.18. The Morgan fingerprint density at radius 2 is 1.34 bits per heavy atom. The highest BCUT2D eigenvalue weighted by atomic mass is 14.3. The molecule has 1 aromatic rings. The van der Waals surface area contributed by atoms with E-state index in [1.807, 2.05) is 0 Å². The number of unbranched alkanes of at least 4 members (excludes halogenated alkanes) is 2. The van der Waals surface area contributed by atoms with Crippen molar-refractivity contribution in [1.29, 1.82) is 5.26 Å². The van der Waals surface area contributed by atoms with Crippen molar-refractivity contribution in [3.63, 3.8) is 0 Å². The molecule has 2 aliphatic carbocycles. The van der Waals surface area contributed by atoms with E-state index in [4.69, 9.17) is 5.26 Å². The average Bonchev–Trinajstić information content (AvgIpc) is 2.78. The van der Waals surface area contributed by atoms with Gasteiger partial charge < -0.3 is 0 Å². The first-order chi connectivity index (χ1) is 14.3. The largest absolute Gasteiger partial charge is 0.193 e. The molecular weight excluding hydrogens is 350 g/mol. The van der Waals surface area contributed by atoms with Gasteiger partial charge in [-0.15, -0.1) is 0 Å². The van der Waals surface area contributed by atoms with Crippen LogP contribution in [-0.4, -0.2) is 0 Å². The summed E-state index contributed by atoms with van der Waals surface area (Å²) in [7, 11) is 0. The normalized spacial score (nSPS) is 28.0. The predicted molar refractivity (Wildman–Crippen MR) is 124 cm³/mol. The maximum atomic E-state index is 8.67. The average molecular weight is 390 g/mol. The Kier molecular flexibility index (Phi) is 9.07. The van der Waals surface area contributed by atoms with Gasteiger partial charge in [0.1, 0.15) is 0 Å².